The summed E-state index contributed by atoms with van der Waals surface area (Å²) >= 11 is 0. The average molecular weight is 316 g/mol. The SMILES string of the molecule is CC1(CNC(=O)NCC2CCCC(O)C2)Cc2ccccc2C1. The van der Waals surface area contributed by atoms with E-state index in [1.807, 2.05) is 0 Å². The summed E-state index contributed by atoms with van der Waals surface area (Å²) in [7, 11) is 0. The third kappa shape index (κ3) is 4.25. The molecular formula is C19H28N2O2. The Hall–Kier alpha value is -1.55. The van der Waals surface area contributed by atoms with E-state index in [2.05, 4.69) is 41.8 Å². The number of hydrogen-bond acceptors (Lipinski definition) is 2. The largest absolute Gasteiger partial charge is 0.393 e. The molecule has 3 rings (SSSR count). The fourth-order valence-electron chi connectivity index (χ4n) is 4.05. The Balaban J connectivity index is 1.41. The number of rotatable bonds is 4. The van der Waals surface area contributed by atoms with E-state index in [1.165, 1.54) is 11.1 Å². The van der Waals surface area contributed by atoms with Gasteiger partial charge in [0.15, 0.2) is 0 Å². The number of urea groups is 1. The highest BCUT2D eigenvalue weighted by Crippen LogP contribution is 2.35. The second-order valence-corrected chi connectivity index (χ2v) is 7.68. The van der Waals surface area contributed by atoms with Crippen LogP contribution in [0.25, 0.3) is 0 Å². The predicted molar refractivity (Wildman–Crippen MR) is 91.3 cm³/mol. The monoisotopic (exact) mass is 316 g/mol. The van der Waals surface area contributed by atoms with Crippen molar-refractivity contribution in [2.24, 2.45) is 11.3 Å². The summed E-state index contributed by atoms with van der Waals surface area (Å²) < 4.78 is 0. The summed E-state index contributed by atoms with van der Waals surface area (Å²) in [6.07, 6.45) is 5.75. The highest BCUT2D eigenvalue weighted by molar-refractivity contribution is 5.73. The Bertz CT molecular complexity index is 533. The number of benzene rings is 1. The molecule has 0 spiro atoms. The third-order valence-corrected chi connectivity index (χ3v) is 5.33. The van der Waals surface area contributed by atoms with Gasteiger partial charge in [-0.05, 0) is 54.6 Å². The van der Waals surface area contributed by atoms with Gasteiger partial charge in [0.05, 0.1) is 6.10 Å². The van der Waals surface area contributed by atoms with Gasteiger partial charge in [0.25, 0.3) is 0 Å². The Morgan fingerprint density at radius 3 is 2.57 bits per heavy atom. The summed E-state index contributed by atoms with van der Waals surface area (Å²) in [6, 6.07) is 8.47. The van der Waals surface area contributed by atoms with E-state index in [1.54, 1.807) is 0 Å². The van der Waals surface area contributed by atoms with Crippen molar-refractivity contribution in [3.05, 3.63) is 35.4 Å². The van der Waals surface area contributed by atoms with E-state index in [9.17, 15) is 9.90 Å². The number of carbonyl (C=O) groups excluding carboxylic acids is 1. The van der Waals surface area contributed by atoms with E-state index < -0.39 is 0 Å². The number of hydrogen-bond donors (Lipinski definition) is 3. The summed E-state index contributed by atoms with van der Waals surface area (Å²) in [5.74, 6) is 0.413. The maximum absolute atomic E-state index is 12.1. The molecule has 4 nitrogen and oxygen atoms in total. The average Bonchev–Trinajstić information content (AvgIpc) is 2.88. The van der Waals surface area contributed by atoms with E-state index in [4.69, 9.17) is 0 Å². The van der Waals surface area contributed by atoms with E-state index in [0.29, 0.717) is 19.0 Å². The van der Waals surface area contributed by atoms with Crippen LogP contribution in [0.2, 0.25) is 0 Å². The summed E-state index contributed by atoms with van der Waals surface area (Å²) in [5.41, 5.74) is 2.93. The molecule has 2 unspecified atom stereocenters. The fraction of sp³-hybridized carbons (Fsp3) is 0.632. The Labute approximate surface area is 138 Å². The molecule has 2 amide bonds. The van der Waals surface area contributed by atoms with Crippen LogP contribution in [0.5, 0.6) is 0 Å². The molecule has 2 atom stereocenters. The lowest BCUT2D eigenvalue weighted by atomic mass is 9.87. The van der Waals surface area contributed by atoms with Gasteiger partial charge in [0.2, 0.25) is 0 Å². The van der Waals surface area contributed by atoms with Crippen molar-refractivity contribution in [2.45, 2.75) is 51.6 Å². The first-order valence-electron chi connectivity index (χ1n) is 8.81. The molecule has 2 aliphatic carbocycles. The van der Waals surface area contributed by atoms with E-state index >= 15 is 0 Å². The minimum Gasteiger partial charge on any atom is -0.393 e. The van der Waals surface area contributed by atoms with Crippen molar-refractivity contribution in [1.82, 2.24) is 10.6 Å². The molecule has 2 aliphatic rings. The lowest BCUT2D eigenvalue weighted by molar-refractivity contribution is 0.101. The minimum absolute atomic E-state index is 0.0813. The van der Waals surface area contributed by atoms with Crippen LogP contribution in [0.4, 0.5) is 4.79 Å². The summed E-state index contributed by atoms with van der Waals surface area (Å²) in [4.78, 5) is 12.1. The second-order valence-electron chi connectivity index (χ2n) is 7.68. The molecule has 0 aromatic heterocycles. The summed E-state index contributed by atoms with van der Waals surface area (Å²) in [5, 5.41) is 15.7. The number of nitrogens with one attached hydrogen (secondary N) is 2. The van der Waals surface area contributed by atoms with Crippen LogP contribution in [-0.2, 0) is 12.8 Å². The standard InChI is InChI=1S/C19H28N2O2/c1-19(10-15-6-2-3-7-16(15)11-19)13-21-18(23)20-12-14-5-4-8-17(22)9-14/h2-3,6-7,14,17,22H,4-5,8-13H2,1H3,(H2,20,21,23). The first kappa shape index (κ1) is 16.3. The molecule has 126 valence electrons. The molecule has 4 heteroatoms. The predicted octanol–water partition coefficient (Wildman–Crippen LogP) is 2.64. The van der Waals surface area contributed by atoms with Crippen molar-refractivity contribution in [2.75, 3.05) is 13.1 Å². The quantitative estimate of drug-likeness (QED) is 0.800. The smallest absolute Gasteiger partial charge is 0.314 e. The second kappa shape index (κ2) is 6.91. The maximum Gasteiger partial charge on any atom is 0.314 e. The van der Waals surface area contributed by atoms with Gasteiger partial charge in [-0.3, -0.25) is 0 Å². The Morgan fingerprint density at radius 2 is 1.91 bits per heavy atom. The van der Waals surface area contributed by atoms with Gasteiger partial charge < -0.3 is 15.7 Å². The van der Waals surface area contributed by atoms with Crippen molar-refractivity contribution < 1.29 is 9.90 Å². The summed E-state index contributed by atoms with van der Waals surface area (Å²) in [6.45, 7) is 3.60. The van der Waals surface area contributed by atoms with E-state index in [0.717, 1.165) is 38.5 Å². The molecule has 23 heavy (non-hydrogen) atoms. The number of aliphatic hydroxyl groups excluding tert-OH is 1. The number of fused-ring (bicyclic) bond motifs is 1. The molecule has 3 N–H and O–H groups in total. The Kier molecular flexibility index (Phi) is 4.90. The highest BCUT2D eigenvalue weighted by Gasteiger charge is 2.32. The first-order valence-corrected chi connectivity index (χ1v) is 8.81. The van der Waals surface area contributed by atoms with Crippen LogP contribution in [-0.4, -0.2) is 30.3 Å². The third-order valence-electron chi connectivity index (χ3n) is 5.33. The van der Waals surface area contributed by atoms with Crippen LogP contribution in [0.1, 0.15) is 43.7 Å². The van der Waals surface area contributed by atoms with Gasteiger partial charge in [0.1, 0.15) is 0 Å². The molecular weight excluding hydrogens is 288 g/mol. The molecule has 0 aliphatic heterocycles. The van der Waals surface area contributed by atoms with Crippen LogP contribution < -0.4 is 10.6 Å². The first-order chi connectivity index (χ1) is 11.0. The van der Waals surface area contributed by atoms with Crippen molar-refractivity contribution in [3.63, 3.8) is 0 Å². The number of carbonyl (C=O) groups is 1. The van der Waals surface area contributed by atoms with Gasteiger partial charge in [-0.1, -0.05) is 37.6 Å². The van der Waals surface area contributed by atoms with Gasteiger partial charge in [-0.25, -0.2) is 4.79 Å². The van der Waals surface area contributed by atoms with Gasteiger partial charge in [-0.15, -0.1) is 0 Å². The molecule has 0 heterocycles. The lowest BCUT2D eigenvalue weighted by Gasteiger charge is -2.27. The topological polar surface area (TPSA) is 61.4 Å². The van der Waals surface area contributed by atoms with Crippen LogP contribution in [0, 0.1) is 11.3 Å². The minimum atomic E-state index is -0.186. The van der Waals surface area contributed by atoms with Crippen molar-refractivity contribution >= 4 is 6.03 Å². The maximum atomic E-state index is 12.1. The normalized spacial score (nSPS) is 25.7. The lowest BCUT2D eigenvalue weighted by Crippen LogP contribution is -2.44. The Morgan fingerprint density at radius 1 is 1.22 bits per heavy atom. The molecule has 1 fully saturated rings. The molecule has 0 saturated heterocycles. The molecule has 1 aromatic carbocycles. The molecule has 1 saturated carbocycles. The van der Waals surface area contributed by atoms with E-state index in [-0.39, 0.29) is 17.6 Å². The zero-order valence-electron chi connectivity index (χ0n) is 14.0. The van der Waals surface area contributed by atoms with Gasteiger partial charge in [-0.2, -0.15) is 0 Å². The molecule has 1 aromatic rings. The van der Waals surface area contributed by atoms with Crippen molar-refractivity contribution in [3.8, 4) is 0 Å². The number of amides is 2. The number of aliphatic hydroxyl groups is 1. The van der Waals surface area contributed by atoms with Gasteiger partial charge in [0, 0.05) is 13.1 Å². The molecule has 0 bridgehead atoms. The zero-order valence-corrected chi connectivity index (χ0v) is 14.0. The van der Waals surface area contributed by atoms with Crippen LogP contribution >= 0.6 is 0 Å². The molecule has 0 radical (unpaired) electrons. The fourth-order valence-corrected chi connectivity index (χ4v) is 4.05. The van der Waals surface area contributed by atoms with Crippen LogP contribution in [0.3, 0.4) is 0 Å². The van der Waals surface area contributed by atoms with Crippen LogP contribution in [0.15, 0.2) is 24.3 Å². The van der Waals surface area contributed by atoms with Crippen molar-refractivity contribution in [1.29, 1.82) is 0 Å². The zero-order chi connectivity index (χ0) is 16.3. The highest BCUT2D eigenvalue weighted by atomic mass is 16.3. The van der Waals surface area contributed by atoms with Gasteiger partial charge >= 0.3 is 6.03 Å².